The Morgan fingerprint density at radius 3 is 2.78 bits per heavy atom. The van der Waals surface area contributed by atoms with E-state index in [4.69, 9.17) is 10.5 Å². The van der Waals surface area contributed by atoms with Crippen LogP contribution in [-0.2, 0) is 9.53 Å². The highest BCUT2D eigenvalue weighted by Gasteiger charge is 2.15. The lowest BCUT2D eigenvalue weighted by molar-refractivity contribution is -0.141. The summed E-state index contributed by atoms with van der Waals surface area (Å²) in [5.41, 5.74) is 7.54. The van der Waals surface area contributed by atoms with E-state index >= 15 is 0 Å². The van der Waals surface area contributed by atoms with Gasteiger partial charge in [-0.15, -0.1) is 0 Å². The van der Waals surface area contributed by atoms with Crippen LogP contribution in [0.15, 0.2) is 12.3 Å². The van der Waals surface area contributed by atoms with E-state index in [-0.39, 0.29) is 12.5 Å². The molecule has 0 spiro atoms. The van der Waals surface area contributed by atoms with Gasteiger partial charge >= 0.3 is 5.97 Å². The minimum absolute atomic E-state index is 0.182. The first-order chi connectivity index (χ1) is 8.58. The summed E-state index contributed by atoms with van der Waals surface area (Å²) < 4.78 is 4.95. The molecule has 18 heavy (non-hydrogen) atoms. The van der Waals surface area contributed by atoms with Crippen molar-refractivity contribution in [1.82, 2.24) is 4.98 Å². The van der Waals surface area contributed by atoms with Gasteiger partial charge in [-0.3, -0.25) is 4.79 Å². The highest BCUT2D eigenvalue weighted by Crippen LogP contribution is 2.21. The SMILES string of the molecule is CCCN(CC(=O)OCC)c1ncc(C)cc1N. The Bertz CT molecular complexity index is 407. The van der Waals surface area contributed by atoms with Crippen LogP contribution in [0.2, 0.25) is 0 Å². The summed E-state index contributed by atoms with van der Waals surface area (Å²) in [6.45, 7) is 7.06. The fraction of sp³-hybridized carbons (Fsp3) is 0.538. The number of hydrogen-bond acceptors (Lipinski definition) is 5. The molecule has 1 aromatic heterocycles. The maximum atomic E-state index is 11.5. The number of carbonyl (C=O) groups is 1. The van der Waals surface area contributed by atoms with Gasteiger partial charge in [0.05, 0.1) is 12.3 Å². The molecule has 1 heterocycles. The number of carbonyl (C=O) groups excluding carboxylic acids is 1. The van der Waals surface area contributed by atoms with Crippen molar-refractivity contribution in [2.45, 2.75) is 27.2 Å². The van der Waals surface area contributed by atoms with E-state index < -0.39 is 0 Å². The molecular weight excluding hydrogens is 230 g/mol. The molecule has 1 aromatic rings. The fourth-order valence-corrected chi connectivity index (χ4v) is 1.74. The van der Waals surface area contributed by atoms with E-state index in [9.17, 15) is 4.79 Å². The summed E-state index contributed by atoms with van der Waals surface area (Å²) in [4.78, 5) is 17.7. The minimum Gasteiger partial charge on any atom is -0.465 e. The molecule has 0 saturated heterocycles. The van der Waals surface area contributed by atoms with Crippen LogP contribution in [-0.4, -0.2) is 30.6 Å². The molecule has 5 nitrogen and oxygen atoms in total. The number of aromatic nitrogens is 1. The molecule has 0 saturated carbocycles. The van der Waals surface area contributed by atoms with Crippen LogP contribution in [0.1, 0.15) is 25.8 Å². The molecule has 0 aliphatic rings. The van der Waals surface area contributed by atoms with E-state index in [1.165, 1.54) is 0 Å². The van der Waals surface area contributed by atoms with Gasteiger partial charge in [0.1, 0.15) is 6.54 Å². The van der Waals surface area contributed by atoms with Crippen LogP contribution in [0, 0.1) is 6.92 Å². The second kappa shape index (κ2) is 6.83. The maximum Gasteiger partial charge on any atom is 0.325 e. The first-order valence-corrected chi connectivity index (χ1v) is 6.21. The quantitative estimate of drug-likeness (QED) is 0.780. The highest BCUT2D eigenvalue weighted by molar-refractivity contribution is 5.77. The Balaban J connectivity index is 2.86. The summed E-state index contributed by atoms with van der Waals surface area (Å²) in [5, 5.41) is 0. The van der Waals surface area contributed by atoms with E-state index in [0.717, 1.165) is 18.5 Å². The third-order valence-corrected chi connectivity index (χ3v) is 2.45. The largest absolute Gasteiger partial charge is 0.465 e. The molecule has 2 N–H and O–H groups in total. The van der Waals surface area contributed by atoms with Gasteiger partial charge in [-0.05, 0) is 31.9 Å². The third kappa shape index (κ3) is 3.91. The Morgan fingerprint density at radius 1 is 1.50 bits per heavy atom. The molecule has 0 aliphatic heterocycles. The summed E-state index contributed by atoms with van der Waals surface area (Å²) in [6.07, 6.45) is 2.66. The van der Waals surface area contributed by atoms with Gasteiger partial charge in [0.2, 0.25) is 0 Å². The Morgan fingerprint density at radius 2 is 2.22 bits per heavy atom. The van der Waals surface area contributed by atoms with Crippen LogP contribution in [0.3, 0.4) is 0 Å². The average molecular weight is 251 g/mol. The standard InChI is InChI=1S/C13H21N3O2/c1-4-6-16(9-12(17)18-5-2)13-11(14)7-10(3)8-15-13/h7-8H,4-6,9,14H2,1-3H3. The molecule has 0 fully saturated rings. The number of anilines is 2. The normalized spacial score (nSPS) is 10.2. The van der Waals surface area contributed by atoms with Crippen molar-refractivity contribution in [3.8, 4) is 0 Å². The number of hydrogen-bond donors (Lipinski definition) is 1. The summed E-state index contributed by atoms with van der Waals surface area (Å²) in [5.74, 6) is 0.392. The van der Waals surface area contributed by atoms with Gasteiger partial charge in [-0.2, -0.15) is 0 Å². The number of pyridine rings is 1. The molecule has 5 heteroatoms. The number of nitrogens with zero attached hydrogens (tertiary/aromatic N) is 2. The molecule has 0 aromatic carbocycles. The van der Waals surface area contributed by atoms with Crippen molar-refractivity contribution in [2.24, 2.45) is 0 Å². The summed E-state index contributed by atoms with van der Waals surface area (Å²) in [7, 11) is 0. The monoisotopic (exact) mass is 251 g/mol. The molecule has 0 amide bonds. The number of rotatable bonds is 6. The topological polar surface area (TPSA) is 68.5 Å². The van der Waals surface area contributed by atoms with Crippen molar-refractivity contribution < 1.29 is 9.53 Å². The first kappa shape index (κ1) is 14.3. The average Bonchev–Trinajstić information content (AvgIpc) is 2.29. The van der Waals surface area contributed by atoms with Crippen LogP contribution in [0.25, 0.3) is 0 Å². The fourth-order valence-electron chi connectivity index (χ4n) is 1.74. The minimum atomic E-state index is -0.257. The zero-order valence-electron chi connectivity index (χ0n) is 11.3. The van der Waals surface area contributed by atoms with Gasteiger partial charge < -0.3 is 15.4 Å². The van der Waals surface area contributed by atoms with Gasteiger partial charge in [0.25, 0.3) is 0 Å². The lowest BCUT2D eigenvalue weighted by Crippen LogP contribution is -2.33. The van der Waals surface area contributed by atoms with Crippen molar-refractivity contribution in [3.63, 3.8) is 0 Å². The molecule has 0 aliphatic carbocycles. The smallest absolute Gasteiger partial charge is 0.325 e. The van der Waals surface area contributed by atoms with Crippen LogP contribution in [0.5, 0.6) is 0 Å². The Hall–Kier alpha value is -1.78. The predicted molar refractivity (Wildman–Crippen MR) is 72.5 cm³/mol. The number of nitrogen functional groups attached to an aromatic ring is 1. The summed E-state index contributed by atoms with van der Waals surface area (Å²) >= 11 is 0. The number of ether oxygens (including phenoxy) is 1. The zero-order valence-corrected chi connectivity index (χ0v) is 11.3. The van der Waals surface area contributed by atoms with Crippen LogP contribution in [0.4, 0.5) is 11.5 Å². The van der Waals surface area contributed by atoms with Gasteiger partial charge in [-0.1, -0.05) is 6.92 Å². The lowest BCUT2D eigenvalue weighted by atomic mass is 10.2. The first-order valence-electron chi connectivity index (χ1n) is 6.21. The van der Waals surface area contributed by atoms with Gasteiger partial charge in [0, 0.05) is 12.7 Å². The molecule has 0 bridgehead atoms. The maximum absolute atomic E-state index is 11.5. The lowest BCUT2D eigenvalue weighted by Gasteiger charge is -2.23. The van der Waals surface area contributed by atoms with Crippen molar-refractivity contribution in [1.29, 1.82) is 0 Å². The molecule has 0 atom stereocenters. The Labute approximate surface area is 108 Å². The second-order valence-electron chi connectivity index (χ2n) is 4.15. The number of nitrogens with two attached hydrogens (primary N) is 1. The van der Waals surface area contributed by atoms with Gasteiger partial charge in [0.15, 0.2) is 5.82 Å². The van der Waals surface area contributed by atoms with Crippen LogP contribution >= 0.6 is 0 Å². The molecule has 1 rings (SSSR count). The second-order valence-corrected chi connectivity index (χ2v) is 4.15. The van der Waals surface area contributed by atoms with Crippen molar-refractivity contribution >= 4 is 17.5 Å². The van der Waals surface area contributed by atoms with Crippen LogP contribution < -0.4 is 10.6 Å². The Kier molecular flexibility index (Phi) is 5.42. The van der Waals surface area contributed by atoms with Gasteiger partial charge in [-0.25, -0.2) is 4.98 Å². The van der Waals surface area contributed by atoms with E-state index in [2.05, 4.69) is 4.98 Å². The molecular formula is C13H21N3O2. The van der Waals surface area contributed by atoms with Crippen molar-refractivity contribution in [2.75, 3.05) is 30.3 Å². The van der Waals surface area contributed by atoms with E-state index in [0.29, 0.717) is 18.1 Å². The van der Waals surface area contributed by atoms with Crippen molar-refractivity contribution in [3.05, 3.63) is 17.8 Å². The molecule has 0 radical (unpaired) electrons. The number of esters is 1. The zero-order chi connectivity index (χ0) is 13.5. The molecule has 0 unspecified atom stereocenters. The van der Waals surface area contributed by atoms with E-state index in [1.54, 1.807) is 13.1 Å². The van der Waals surface area contributed by atoms with E-state index in [1.807, 2.05) is 24.8 Å². The molecule has 100 valence electrons. The summed E-state index contributed by atoms with van der Waals surface area (Å²) in [6, 6.07) is 1.86. The third-order valence-electron chi connectivity index (χ3n) is 2.45. The number of aryl methyl sites for hydroxylation is 1. The highest BCUT2D eigenvalue weighted by atomic mass is 16.5. The predicted octanol–water partition coefficient (Wildman–Crippen LogP) is 1.75.